The van der Waals surface area contributed by atoms with Gasteiger partial charge < -0.3 is 15.3 Å². The van der Waals surface area contributed by atoms with Crippen LogP contribution in [0.1, 0.15) is 27.2 Å². The Morgan fingerprint density at radius 3 is 1.26 bits per heavy atom. The average molecular weight is 412 g/mol. The molecule has 0 atom stereocenters. The third kappa shape index (κ3) is 158. The van der Waals surface area contributed by atoms with Crippen molar-refractivity contribution in [3.05, 3.63) is 24.3 Å². The van der Waals surface area contributed by atoms with Crippen molar-refractivity contribution in [2.45, 2.75) is 44.5 Å². The molecular formula is C14H32GeO3Zr-. The van der Waals surface area contributed by atoms with Crippen LogP contribution in [0, 0.1) is 6.08 Å². The van der Waals surface area contributed by atoms with Crippen molar-refractivity contribution in [2.75, 3.05) is 19.8 Å². The monoisotopic (exact) mass is 412 g/mol. The Kier molecular flexibility index (Phi) is 71.9. The predicted molar refractivity (Wildman–Crippen MR) is 83.2 cm³/mol. The average Bonchev–Trinajstić information content (AvgIpc) is 2.76. The number of hydrogen-bond donors (Lipinski definition) is 3. The van der Waals surface area contributed by atoms with Crippen LogP contribution < -0.4 is 0 Å². The van der Waals surface area contributed by atoms with Crippen molar-refractivity contribution in [2.24, 2.45) is 0 Å². The Labute approximate surface area is 144 Å². The van der Waals surface area contributed by atoms with Gasteiger partial charge in [-0.05, 0) is 20.8 Å². The number of rotatable bonds is 0. The fraction of sp³-hybridized carbons (Fsp3) is 0.714. The zero-order valence-electron chi connectivity index (χ0n) is 13.4. The van der Waals surface area contributed by atoms with Crippen molar-refractivity contribution < 1.29 is 41.5 Å². The van der Waals surface area contributed by atoms with Gasteiger partial charge in [0, 0.05) is 46.0 Å². The molecule has 1 rings (SSSR count). The van der Waals surface area contributed by atoms with Gasteiger partial charge in [-0.25, -0.2) is 12.2 Å². The Balaban J connectivity index is -0.0000000435. The third-order valence-corrected chi connectivity index (χ3v) is 0.586. The van der Waals surface area contributed by atoms with Crippen LogP contribution in [0.3, 0.4) is 0 Å². The largest absolute Gasteiger partial charge is 0 e. The van der Waals surface area contributed by atoms with Gasteiger partial charge in [0.2, 0.25) is 0 Å². The van der Waals surface area contributed by atoms with Gasteiger partial charge in [0.25, 0.3) is 0 Å². The summed E-state index contributed by atoms with van der Waals surface area (Å²) in [6, 6.07) is 0. The molecule has 0 aromatic carbocycles. The van der Waals surface area contributed by atoms with Gasteiger partial charge in [-0.2, -0.15) is 6.08 Å². The maximum absolute atomic E-state index is 7.57. The van der Waals surface area contributed by atoms with E-state index in [4.69, 9.17) is 15.3 Å². The van der Waals surface area contributed by atoms with Crippen LogP contribution in [-0.2, 0) is 26.2 Å². The molecule has 3 N–H and O–H groups in total. The number of aliphatic hydroxyl groups excluding tert-OH is 3. The number of aliphatic hydroxyl groups is 3. The maximum Gasteiger partial charge on any atom is 0 e. The second kappa shape index (κ2) is 42.8. The minimum absolute atomic E-state index is 0. The molecule has 1 aliphatic carbocycles. The summed E-state index contributed by atoms with van der Waals surface area (Å²) in [5.74, 6) is 7.00. The minimum Gasteiger partial charge on any atom is 0 e. The molecule has 0 heterocycles. The van der Waals surface area contributed by atoms with E-state index in [1.807, 2.05) is 12.2 Å². The summed E-state index contributed by atoms with van der Waals surface area (Å²) in [6.07, 6.45) is 10.0. The molecule has 3 nitrogen and oxygen atoms in total. The topological polar surface area (TPSA) is 60.7 Å². The molecule has 115 valence electrons. The Bertz CT molecular complexity index is 134. The molecule has 0 saturated carbocycles. The van der Waals surface area contributed by atoms with E-state index in [1.165, 1.54) is 0 Å². The standard InChI is InChI=1S/C5H5.C3H9Ge.3C2H6O.Zr/c1-2-4-5-3-1;1-4(2)3;3*1-2-3;/h1-3H,4H2;1-3H3;3*3H,2H2,1H3;/q-1;;;;;. The zero-order chi connectivity index (χ0) is 15.2. The molecule has 19 heavy (non-hydrogen) atoms. The van der Waals surface area contributed by atoms with Gasteiger partial charge in [0.1, 0.15) is 0 Å². The second-order valence-electron chi connectivity index (χ2n) is 3.45. The van der Waals surface area contributed by atoms with E-state index in [-0.39, 0.29) is 60.4 Å². The molecule has 5 heteroatoms. The molecule has 0 aliphatic heterocycles. The van der Waals surface area contributed by atoms with E-state index in [0.717, 1.165) is 6.42 Å². The van der Waals surface area contributed by atoms with E-state index >= 15 is 0 Å². The summed E-state index contributed by atoms with van der Waals surface area (Å²) in [6.45, 7) is 5.79. The summed E-state index contributed by atoms with van der Waals surface area (Å²) < 4.78 is 0. The van der Waals surface area contributed by atoms with Crippen LogP contribution in [0.2, 0.25) is 17.3 Å². The van der Waals surface area contributed by atoms with Crippen LogP contribution in [-0.4, -0.2) is 49.5 Å². The van der Waals surface area contributed by atoms with Crippen molar-refractivity contribution in [3.8, 4) is 0 Å². The summed E-state index contributed by atoms with van der Waals surface area (Å²) in [5.41, 5.74) is 0. The first-order valence-electron chi connectivity index (χ1n) is 6.29. The quantitative estimate of drug-likeness (QED) is 0.424. The molecule has 0 bridgehead atoms. The van der Waals surface area contributed by atoms with Crippen molar-refractivity contribution >= 4 is 14.3 Å². The van der Waals surface area contributed by atoms with Crippen LogP contribution >= 0.6 is 0 Å². The molecular weight excluding hydrogens is 380 g/mol. The van der Waals surface area contributed by atoms with Gasteiger partial charge >= 0.3 is 31.6 Å². The first kappa shape index (κ1) is 31.9. The van der Waals surface area contributed by atoms with E-state index in [2.05, 4.69) is 29.4 Å². The normalized spacial score (nSPS) is 9.37. The van der Waals surface area contributed by atoms with E-state index < -0.39 is 0 Å². The molecule has 0 spiro atoms. The van der Waals surface area contributed by atoms with Crippen molar-refractivity contribution in [3.63, 3.8) is 0 Å². The zero-order valence-corrected chi connectivity index (χ0v) is 18.0. The van der Waals surface area contributed by atoms with E-state index in [9.17, 15) is 0 Å². The van der Waals surface area contributed by atoms with Gasteiger partial charge in [0.15, 0.2) is 0 Å². The SMILES string of the molecule is CCO.CCO.CCO.[C-]1=CC=CC1.[CH3][Ge]([CH3])[CH3].[Zr]. The first-order chi connectivity index (χ1) is 8.47. The molecule has 0 unspecified atom stereocenters. The summed E-state index contributed by atoms with van der Waals surface area (Å²) in [7, 11) is 0. The molecule has 1 radical (unpaired) electrons. The van der Waals surface area contributed by atoms with Crippen molar-refractivity contribution in [1.82, 2.24) is 0 Å². The number of hydrogen-bond acceptors (Lipinski definition) is 3. The molecule has 0 aromatic rings. The Hall–Kier alpha value is 0.786. The van der Waals surface area contributed by atoms with Crippen LogP contribution in [0.4, 0.5) is 0 Å². The molecule has 0 aromatic heterocycles. The summed E-state index contributed by atoms with van der Waals surface area (Å²) in [4.78, 5) is 0. The fourth-order valence-corrected chi connectivity index (χ4v) is 0.340. The van der Waals surface area contributed by atoms with E-state index in [0.29, 0.717) is 0 Å². The van der Waals surface area contributed by atoms with Crippen LogP contribution in [0.25, 0.3) is 0 Å². The number of allylic oxidation sites excluding steroid dienone is 4. The van der Waals surface area contributed by atoms with Gasteiger partial charge in [0.05, 0.1) is 0 Å². The third-order valence-electron chi connectivity index (χ3n) is 0.586. The molecule has 0 amide bonds. The minimum atomic E-state index is -0.333. The maximum atomic E-state index is 7.57. The Morgan fingerprint density at radius 2 is 1.21 bits per heavy atom. The summed E-state index contributed by atoms with van der Waals surface area (Å²) in [5, 5.41) is 22.7. The first-order valence-corrected chi connectivity index (χ1v) is 12.6. The fourth-order valence-electron chi connectivity index (χ4n) is 0.340. The molecule has 0 fully saturated rings. The molecule has 0 saturated heterocycles. The summed E-state index contributed by atoms with van der Waals surface area (Å²) >= 11 is -0.333. The van der Waals surface area contributed by atoms with E-state index in [1.54, 1.807) is 20.8 Å². The van der Waals surface area contributed by atoms with Crippen LogP contribution in [0.15, 0.2) is 18.2 Å². The smallest absolute Gasteiger partial charge is 0 e. The van der Waals surface area contributed by atoms with Crippen molar-refractivity contribution in [1.29, 1.82) is 0 Å². The van der Waals surface area contributed by atoms with Gasteiger partial charge in [-0.15, -0.1) is 6.42 Å². The van der Waals surface area contributed by atoms with Crippen LogP contribution in [0.5, 0.6) is 0 Å². The Morgan fingerprint density at radius 1 is 0.947 bits per heavy atom. The predicted octanol–water partition coefficient (Wildman–Crippen LogP) is 2.67. The molecule has 1 aliphatic rings. The van der Waals surface area contributed by atoms with Gasteiger partial charge in [-0.3, -0.25) is 6.08 Å². The second-order valence-corrected chi connectivity index (χ2v) is 9.75. The van der Waals surface area contributed by atoms with Gasteiger partial charge in [-0.1, -0.05) is 0 Å².